The molecular formula is C9H8ClN5O2. The first kappa shape index (κ1) is 11.3. The van der Waals surface area contributed by atoms with Crippen LogP contribution in [-0.4, -0.2) is 19.7 Å². The minimum atomic E-state index is -0.531. The van der Waals surface area contributed by atoms with Crippen LogP contribution in [0.25, 0.3) is 0 Å². The van der Waals surface area contributed by atoms with Crippen LogP contribution in [-0.2, 0) is 7.05 Å². The van der Waals surface area contributed by atoms with Crippen molar-refractivity contribution < 1.29 is 4.92 Å². The second-order valence-corrected chi connectivity index (χ2v) is 3.68. The van der Waals surface area contributed by atoms with Gasteiger partial charge in [0.05, 0.1) is 17.1 Å². The van der Waals surface area contributed by atoms with E-state index in [0.717, 1.165) is 0 Å². The highest BCUT2D eigenvalue weighted by atomic mass is 35.5. The molecular weight excluding hydrogens is 246 g/mol. The number of nitrogens with zero attached hydrogens (tertiary/aromatic N) is 4. The van der Waals surface area contributed by atoms with Gasteiger partial charge in [0.15, 0.2) is 5.82 Å². The fourth-order valence-electron chi connectivity index (χ4n) is 1.27. The van der Waals surface area contributed by atoms with Crippen LogP contribution in [0.2, 0.25) is 5.15 Å². The fourth-order valence-corrected chi connectivity index (χ4v) is 1.47. The summed E-state index contributed by atoms with van der Waals surface area (Å²) < 4.78 is 1.60. The zero-order chi connectivity index (χ0) is 12.4. The number of pyridine rings is 1. The highest BCUT2D eigenvalue weighted by Gasteiger charge is 2.10. The molecule has 88 valence electrons. The summed E-state index contributed by atoms with van der Waals surface area (Å²) in [7, 11) is 1.76. The molecule has 0 saturated heterocycles. The van der Waals surface area contributed by atoms with Gasteiger partial charge in [-0.25, -0.2) is 4.98 Å². The zero-order valence-corrected chi connectivity index (χ0v) is 9.55. The Bertz CT molecular complexity index is 568. The van der Waals surface area contributed by atoms with E-state index in [1.807, 2.05) is 0 Å². The molecule has 0 saturated carbocycles. The SMILES string of the molecule is Cn1ccc(Nc2cc([N+](=O)[O-])cc(Cl)n2)n1. The topological polar surface area (TPSA) is 85.9 Å². The normalized spacial score (nSPS) is 10.2. The van der Waals surface area contributed by atoms with Crippen molar-refractivity contribution in [3.8, 4) is 0 Å². The summed E-state index contributed by atoms with van der Waals surface area (Å²) in [6, 6.07) is 4.19. The Kier molecular flexibility index (Phi) is 2.92. The van der Waals surface area contributed by atoms with Crippen molar-refractivity contribution in [2.24, 2.45) is 7.05 Å². The lowest BCUT2D eigenvalue weighted by Crippen LogP contribution is -1.98. The fraction of sp³-hybridized carbons (Fsp3) is 0.111. The maximum atomic E-state index is 10.6. The summed E-state index contributed by atoms with van der Waals surface area (Å²) in [5.41, 5.74) is -0.122. The summed E-state index contributed by atoms with van der Waals surface area (Å²) in [5.74, 6) is 0.819. The third-order valence-electron chi connectivity index (χ3n) is 1.96. The van der Waals surface area contributed by atoms with Crippen LogP contribution in [0.1, 0.15) is 0 Å². The lowest BCUT2D eigenvalue weighted by Gasteiger charge is -2.02. The van der Waals surface area contributed by atoms with Gasteiger partial charge < -0.3 is 5.32 Å². The Morgan fingerprint density at radius 1 is 1.47 bits per heavy atom. The van der Waals surface area contributed by atoms with Gasteiger partial charge in [-0.1, -0.05) is 11.6 Å². The molecule has 0 unspecified atom stereocenters. The number of nitrogens with one attached hydrogen (secondary N) is 1. The van der Waals surface area contributed by atoms with E-state index >= 15 is 0 Å². The smallest absolute Gasteiger partial charge is 0.276 e. The molecule has 1 N–H and O–H groups in total. The van der Waals surface area contributed by atoms with Crippen molar-refractivity contribution in [1.82, 2.24) is 14.8 Å². The van der Waals surface area contributed by atoms with Gasteiger partial charge in [-0.3, -0.25) is 14.8 Å². The highest BCUT2D eigenvalue weighted by Crippen LogP contribution is 2.22. The van der Waals surface area contributed by atoms with Crippen molar-refractivity contribution in [2.45, 2.75) is 0 Å². The molecule has 0 aliphatic carbocycles. The van der Waals surface area contributed by atoms with Crippen LogP contribution in [0.5, 0.6) is 0 Å². The molecule has 0 aromatic carbocycles. The predicted octanol–water partition coefficient (Wildman–Crippen LogP) is 2.12. The van der Waals surface area contributed by atoms with Crippen LogP contribution in [0.3, 0.4) is 0 Å². The number of rotatable bonds is 3. The summed E-state index contributed by atoms with van der Waals surface area (Å²) in [6.45, 7) is 0. The Morgan fingerprint density at radius 2 is 2.24 bits per heavy atom. The minimum Gasteiger partial charge on any atom is -0.323 e. The number of aromatic nitrogens is 3. The van der Waals surface area contributed by atoms with E-state index in [2.05, 4.69) is 15.4 Å². The molecule has 0 bridgehead atoms. The van der Waals surface area contributed by atoms with E-state index in [1.54, 1.807) is 24.0 Å². The molecule has 0 aliphatic rings. The summed E-state index contributed by atoms with van der Waals surface area (Å²) in [6.07, 6.45) is 1.74. The van der Waals surface area contributed by atoms with Gasteiger partial charge in [-0.15, -0.1) is 0 Å². The summed E-state index contributed by atoms with van der Waals surface area (Å²) in [4.78, 5) is 14.0. The molecule has 2 aromatic rings. The standard InChI is InChI=1S/C9H8ClN5O2/c1-14-3-2-8(13-14)12-9-5-6(15(16)17)4-7(10)11-9/h2-5H,1H3,(H,11,12,13). The Morgan fingerprint density at radius 3 is 2.82 bits per heavy atom. The van der Waals surface area contributed by atoms with E-state index in [-0.39, 0.29) is 16.7 Å². The average Bonchev–Trinajstić information content (AvgIpc) is 2.63. The van der Waals surface area contributed by atoms with Crippen LogP contribution in [0.4, 0.5) is 17.3 Å². The largest absolute Gasteiger partial charge is 0.323 e. The summed E-state index contributed by atoms with van der Waals surface area (Å²) in [5, 5.41) is 17.6. The molecule has 0 spiro atoms. The van der Waals surface area contributed by atoms with Crippen molar-refractivity contribution in [3.05, 3.63) is 39.7 Å². The molecule has 7 nitrogen and oxygen atoms in total. The average molecular weight is 254 g/mol. The van der Waals surface area contributed by atoms with E-state index in [1.165, 1.54) is 12.1 Å². The number of nitro groups is 1. The second kappa shape index (κ2) is 4.38. The van der Waals surface area contributed by atoms with Crippen molar-refractivity contribution in [1.29, 1.82) is 0 Å². The lowest BCUT2D eigenvalue weighted by atomic mass is 10.4. The predicted molar refractivity (Wildman–Crippen MR) is 62.4 cm³/mol. The van der Waals surface area contributed by atoms with Gasteiger partial charge in [0.25, 0.3) is 5.69 Å². The molecule has 2 heterocycles. The Hall–Kier alpha value is -2.15. The molecule has 2 aromatic heterocycles. The first-order valence-corrected chi connectivity index (χ1v) is 5.01. The van der Waals surface area contributed by atoms with Gasteiger partial charge in [0.2, 0.25) is 0 Å². The molecule has 0 aliphatic heterocycles. The molecule has 17 heavy (non-hydrogen) atoms. The van der Waals surface area contributed by atoms with Crippen LogP contribution < -0.4 is 5.32 Å². The first-order chi connectivity index (χ1) is 8.04. The number of aryl methyl sites for hydroxylation is 1. The quantitative estimate of drug-likeness (QED) is 0.514. The second-order valence-electron chi connectivity index (χ2n) is 3.29. The van der Waals surface area contributed by atoms with Crippen LogP contribution in [0, 0.1) is 10.1 Å². The molecule has 8 heteroatoms. The third-order valence-corrected chi connectivity index (χ3v) is 2.15. The van der Waals surface area contributed by atoms with Gasteiger partial charge in [0.1, 0.15) is 11.0 Å². The maximum Gasteiger partial charge on any atom is 0.276 e. The van der Waals surface area contributed by atoms with Crippen LogP contribution >= 0.6 is 11.6 Å². The van der Waals surface area contributed by atoms with Crippen molar-refractivity contribution in [3.63, 3.8) is 0 Å². The van der Waals surface area contributed by atoms with Crippen molar-refractivity contribution in [2.75, 3.05) is 5.32 Å². The van der Waals surface area contributed by atoms with Gasteiger partial charge in [-0.05, 0) is 0 Å². The van der Waals surface area contributed by atoms with Crippen molar-refractivity contribution >= 4 is 28.9 Å². The maximum absolute atomic E-state index is 10.6. The lowest BCUT2D eigenvalue weighted by molar-refractivity contribution is -0.384. The molecule has 0 atom stereocenters. The van der Waals surface area contributed by atoms with E-state index < -0.39 is 4.92 Å². The van der Waals surface area contributed by atoms with Crippen LogP contribution in [0.15, 0.2) is 24.4 Å². The number of halogens is 1. The minimum absolute atomic E-state index is 0.0534. The molecule has 2 rings (SSSR count). The van der Waals surface area contributed by atoms with Gasteiger partial charge >= 0.3 is 0 Å². The first-order valence-electron chi connectivity index (χ1n) is 4.63. The Labute approximate surface area is 101 Å². The number of hydrogen-bond acceptors (Lipinski definition) is 5. The molecule has 0 amide bonds. The zero-order valence-electron chi connectivity index (χ0n) is 8.79. The molecule has 0 radical (unpaired) electrons. The van der Waals surface area contributed by atoms with E-state index in [9.17, 15) is 10.1 Å². The van der Waals surface area contributed by atoms with Gasteiger partial charge in [0, 0.05) is 19.3 Å². The van der Waals surface area contributed by atoms with Gasteiger partial charge in [-0.2, -0.15) is 5.10 Å². The monoisotopic (exact) mass is 253 g/mol. The van der Waals surface area contributed by atoms with E-state index in [0.29, 0.717) is 5.82 Å². The Balaban J connectivity index is 2.29. The summed E-state index contributed by atoms with van der Waals surface area (Å²) >= 11 is 5.68. The number of anilines is 2. The van der Waals surface area contributed by atoms with E-state index in [4.69, 9.17) is 11.6 Å². The highest BCUT2D eigenvalue weighted by molar-refractivity contribution is 6.29. The third kappa shape index (κ3) is 2.70. The molecule has 0 fully saturated rings. The number of hydrogen-bond donors (Lipinski definition) is 1.